The molecule has 1 aromatic carbocycles. The number of benzene rings is 1. The second kappa shape index (κ2) is 13.4. The summed E-state index contributed by atoms with van der Waals surface area (Å²) in [5.74, 6) is -2.21. The van der Waals surface area contributed by atoms with Crippen LogP contribution < -0.4 is 0 Å². The third-order valence-electron chi connectivity index (χ3n) is 6.14. The Morgan fingerprint density at radius 2 is 1.02 bits per heavy atom. The molecule has 1 aliphatic rings. The first-order valence-electron chi connectivity index (χ1n) is 14.2. The van der Waals surface area contributed by atoms with E-state index >= 15 is 0 Å². The summed E-state index contributed by atoms with van der Waals surface area (Å²) in [6, 6.07) is 9.32. The summed E-state index contributed by atoms with van der Waals surface area (Å²) in [6.07, 6.45) is -4.71. The molecule has 9 nitrogen and oxygen atoms in total. The van der Waals surface area contributed by atoms with Gasteiger partial charge in [-0.05, 0) is 95.2 Å². The van der Waals surface area contributed by atoms with Gasteiger partial charge in [0.25, 0.3) is 0 Å². The number of carbonyl (C=O) groups is 4. The van der Waals surface area contributed by atoms with Crippen molar-refractivity contribution in [1.82, 2.24) is 0 Å². The van der Waals surface area contributed by atoms with Gasteiger partial charge in [-0.25, -0.2) is 0 Å². The van der Waals surface area contributed by atoms with Crippen molar-refractivity contribution in [2.45, 2.75) is 118 Å². The van der Waals surface area contributed by atoms with Gasteiger partial charge in [-0.1, -0.05) is 30.0 Å². The minimum absolute atomic E-state index is 0.284. The van der Waals surface area contributed by atoms with E-state index in [0.717, 1.165) is 4.90 Å². The Bertz CT molecular complexity index is 1100. The fraction of sp³-hybridized carbons (Fsp3) is 0.688. The topological polar surface area (TPSA) is 114 Å². The number of hydrogen-bond donors (Lipinski definition) is 0. The molecule has 0 saturated carbocycles. The van der Waals surface area contributed by atoms with Gasteiger partial charge in [-0.15, -0.1) is 0 Å². The van der Waals surface area contributed by atoms with Gasteiger partial charge in [-0.2, -0.15) is 0 Å². The van der Waals surface area contributed by atoms with Gasteiger partial charge in [0.05, 0.1) is 21.7 Å². The summed E-state index contributed by atoms with van der Waals surface area (Å²) < 4.78 is 30.1. The highest BCUT2D eigenvalue weighted by atomic mass is 32.2. The monoisotopic (exact) mass is 608 g/mol. The number of rotatable bonds is 7. The minimum Gasteiger partial charge on any atom is -0.462 e. The molecule has 0 aliphatic carbocycles. The summed E-state index contributed by atoms with van der Waals surface area (Å²) in [7, 11) is 0. The van der Waals surface area contributed by atoms with Gasteiger partial charge in [0, 0.05) is 4.90 Å². The fourth-order valence-corrected chi connectivity index (χ4v) is 4.54. The molecule has 2 rings (SSSR count). The van der Waals surface area contributed by atoms with Crippen LogP contribution in [0.25, 0.3) is 0 Å². The van der Waals surface area contributed by atoms with Crippen LogP contribution in [0, 0.1) is 21.7 Å². The van der Waals surface area contributed by atoms with Crippen molar-refractivity contribution in [3.05, 3.63) is 30.3 Å². The lowest BCUT2D eigenvalue weighted by Gasteiger charge is -2.46. The molecular formula is C32H48O9S. The van der Waals surface area contributed by atoms with Crippen molar-refractivity contribution in [2.75, 3.05) is 6.61 Å². The van der Waals surface area contributed by atoms with E-state index in [9.17, 15) is 19.2 Å². The highest BCUT2D eigenvalue weighted by Gasteiger charge is 2.54. The molecule has 0 bridgehead atoms. The summed E-state index contributed by atoms with van der Waals surface area (Å²) in [5.41, 5.74) is -4.44. The first-order valence-corrected chi connectivity index (χ1v) is 15.1. The maximum absolute atomic E-state index is 13.3. The van der Waals surface area contributed by atoms with E-state index in [-0.39, 0.29) is 6.61 Å². The number of carbonyl (C=O) groups excluding carboxylic acids is 4. The van der Waals surface area contributed by atoms with Gasteiger partial charge in [-0.3, -0.25) is 19.2 Å². The molecule has 0 amide bonds. The van der Waals surface area contributed by atoms with Gasteiger partial charge in [0.2, 0.25) is 0 Å². The lowest BCUT2D eigenvalue weighted by molar-refractivity contribution is -0.246. The van der Waals surface area contributed by atoms with E-state index in [0.29, 0.717) is 0 Å². The fourth-order valence-electron chi connectivity index (χ4n) is 3.42. The molecule has 1 heterocycles. The maximum Gasteiger partial charge on any atom is 0.311 e. The van der Waals surface area contributed by atoms with Crippen LogP contribution in [0.4, 0.5) is 0 Å². The van der Waals surface area contributed by atoms with Crippen molar-refractivity contribution >= 4 is 35.6 Å². The molecule has 236 valence electrons. The molecule has 10 heteroatoms. The number of hydrogen-bond acceptors (Lipinski definition) is 10. The Morgan fingerprint density at radius 1 is 0.619 bits per heavy atom. The van der Waals surface area contributed by atoms with Crippen LogP contribution in [-0.2, 0) is 42.9 Å². The highest BCUT2D eigenvalue weighted by Crippen LogP contribution is 2.39. The van der Waals surface area contributed by atoms with E-state index < -0.39 is 75.4 Å². The van der Waals surface area contributed by atoms with Crippen LogP contribution in [0.2, 0.25) is 0 Å². The molecule has 0 aromatic heterocycles. The summed E-state index contributed by atoms with van der Waals surface area (Å²) in [4.78, 5) is 53.3. The van der Waals surface area contributed by atoms with Crippen LogP contribution in [0.5, 0.6) is 0 Å². The van der Waals surface area contributed by atoms with Crippen molar-refractivity contribution in [1.29, 1.82) is 0 Å². The molecule has 0 radical (unpaired) electrons. The first-order chi connectivity index (χ1) is 19.0. The lowest BCUT2D eigenvalue weighted by Crippen LogP contribution is -2.63. The normalized spacial score (nSPS) is 23.5. The smallest absolute Gasteiger partial charge is 0.311 e. The van der Waals surface area contributed by atoms with E-state index in [1.807, 2.05) is 30.3 Å². The Labute approximate surface area is 254 Å². The molecule has 42 heavy (non-hydrogen) atoms. The number of ether oxygens (including phenoxy) is 5. The van der Waals surface area contributed by atoms with Gasteiger partial charge in [0.15, 0.2) is 18.3 Å². The molecular weight excluding hydrogens is 560 g/mol. The van der Waals surface area contributed by atoms with Crippen molar-refractivity contribution in [2.24, 2.45) is 21.7 Å². The summed E-state index contributed by atoms with van der Waals surface area (Å²) >= 11 is 1.26. The van der Waals surface area contributed by atoms with E-state index in [1.54, 1.807) is 83.1 Å². The van der Waals surface area contributed by atoms with Crippen molar-refractivity contribution in [3.63, 3.8) is 0 Å². The highest BCUT2D eigenvalue weighted by molar-refractivity contribution is 7.99. The second-order valence-electron chi connectivity index (χ2n) is 14.7. The van der Waals surface area contributed by atoms with Crippen LogP contribution in [-0.4, -0.2) is 60.3 Å². The predicted octanol–water partition coefficient (Wildman–Crippen LogP) is 5.97. The average Bonchev–Trinajstić information content (AvgIpc) is 2.84. The van der Waals surface area contributed by atoms with Crippen molar-refractivity contribution < 1.29 is 42.9 Å². The zero-order valence-electron chi connectivity index (χ0n) is 27.1. The van der Waals surface area contributed by atoms with Gasteiger partial charge >= 0.3 is 23.9 Å². The first kappa shape index (κ1) is 35.6. The Hall–Kier alpha value is -2.59. The minimum atomic E-state index is -1.26. The van der Waals surface area contributed by atoms with Crippen LogP contribution in [0.1, 0.15) is 83.1 Å². The molecule has 5 atom stereocenters. The molecule has 1 aliphatic heterocycles. The quantitative estimate of drug-likeness (QED) is 0.271. The Balaban J connectivity index is 2.68. The van der Waals surface area contributed by atoms with Gasteiger partial charge < -0.3 is 23.7 Å². The zero-order valence-corrected chi connectivity index (χ0v) is 27.9. The molecule has 1 fully saturated rings. The van der Waals surface area contributed by atoms with E-state index in [1.165, 1.54) is 11.8 Å². The second-order valence-corrected chi connectivity index (χ2v) is 15.9. The molecule has 1 saturated heterocycles. The van der Waals surface area contributed by atoms with E-state index in [2.05, 4.69) is 0 Å². The van der Waals surface area contributed by atoms with Crippen LogP contribution in [0.15, 0.2) is 35.2 Å². The summed E-state index contributed by atoms with van der Waals surface area (Å²) in [6.45, 7) is 20.2. The summed E-state index contributed by atoms with van der Waals surface area (Å²) in [5, 5.41) is 0. The molecule has 0 unspecified atom stereocenters. The van der Waals surface area contributed by atoms with Crippen LogP contribution in [0.3, 0.4) is 0 Å². The Morgan fingerprint density at radius 3 is 1.45 bits per heavy atom. The Kier molecular flexibility index (Phi) is 11.3. The maximum atomic E-state index is 13.3. The third-order valence-corrected chi connectivity index (χ3v) is 7.30. The molecule has 1 aromatic rings. The number of thioether (sulfide) groups is 1. The van der Waals surface area contributed by atoms with E-state index in [4.69, 9.17) is 23.7 Å². The standard InChI is InChI=1S/C32H48O9S/c1-29(2,3)25(33)37-18-20-21(39-26(34)30(4,5)6)22(40-27(35)31(7,8)9)23(41-28(36)32(10,11)12)24(38-20)42-19-16-14-13-15-17-19/h13-17,20-24H,18H2,1-12H3/t20-,21-,22+,23-,24-/m1/s1. The van der Waals surface area contributed by atoms with Gasteiger partial charge in [0.1, 0.15) is 18.1 Å². The SMILES string of the molecule is CC(C)(C)C(=O)OC[C@H]1O[C@H](Sc2ccccc2)[C@H](OC(=O)C(C)(C)C)[C@@H](OC(=O)C(C)(C)C)[C@@H]1OC(=O)C(C)(C)C. The molecule has 0 spiro atoms. The van der Waals surface area contributed by atoms with Crippen LogP contribution >= 0.6 is 11.8 Å². The molecule has 0 N–H and O–H groups in total. The largest absolute Gasteiger partial charge is 0.462 e. The van der Waals surface area contributed by atoms with Crippen molar-refractivity contribution in [3.8, 4) is 0 Å². The predicted molar refractivity (Wildman–Crippen MR) is 159 cm³/mol. The average molecular weight is 609 g/mol. The zero-order chi connectivity index (χ0) is 32.3. The number of esters is 4. The third kappa shape index (κ3) is 10.0. The lowest BCUT2D eigenvalue weighted by atomic mass is 9.93.